The maximum absolute atomic E-state index is 15.0. The van der Waals surface area contributed by atoms with Gasteiger partial charge in [-0.2, -0.15) is 0 Å². The van der Waals surface area contributed by atoms with Crippen LogP contribution in [0.15, 0.2) is 54.6 Å². The van der Waals surface area contributed by atoms with Crippen LogP contribution in [-0.4, -0.2) is 48.2 Å². The molecule has 38 heavy (non-hydrogen) atoms. The van der Waals surface area contributed by atoms with Crippen LogP contribution in [0.1, 0.15) is 32.7 Å². The van der Waals surface area contributed by atoms with Crippen LogP contribution in [0.4, 0.5) is 24.5 Å². The lowest BCUT2D eigenvalue weighted by Gasteiger charge is -2.33. The van der Waals surface area contributed by atoms with Gasteiger partial charge in [0, 0.05) is 29.1 Å². The minimum absolute atomic E-state index is 0.0160. The molecule has 0 unspecified atom stereocenters. The molecule has 0 bridgehead atoms. The minimum atomic E-state index is -3.78. The van der Waals surface area contributed by atoms with Crippen molar-refractivity contribution in [2.24, 2.45) is 0 Å². The number of nitrogens with zero attached hydrogens (tertiary/aromatic N) is 1. The summed E-state index contributed by atoms with van der Waals surface area (Å²) in [5.74, 6) is -5.82. The monoisotopic (exact) mass is 568 g/mol. The number of rotatable bonds is 5. The third kappa shape index (κ3) is 4.92. The normalized spacial score (nSPS) is 18.4. The second-order valence-corrected chi connectivity index (χ2v) is 9.43. The SMILES string of the molecule is COc1cc(C(=O)N2CCC(F)(F)[C@](O)(CO)c3cc(Cl)ccc32)ccc1NC(=O)c1cc(F)ccc1Cl. The molecule has 200 valence electrons. The number of amides is 2. The first kappa shape index (κ1) is 27.7. The number of hydrogen-bond acceptors (Lipinski definition) is 5. The van der Waals surface area contributed by atoms with Crippen molar-refractivity contribution >= 4 is 46.4 Å². The Hall–Kier alpha value is -3.31. The highest BCUT2D eigenvalue weighted by Crippen LogP contribution is 2.47. The zero-order valence-electron chi connectivity index (χ0n) is 19.8. The first-order valence-corrected chi connectivity index (χ1v) is 11.9. The molecule has 1 aliphatic rings. The summed E-state index contributed by atoms with van der Waals surface area (Å²) in [6, 6.07) is 11.1. The van der Waals surface area contributed by atoms with Crippen LogP contribution in [0.3, 0.4) is 0 Å². The zero-order valence-corrected chi connectivity index (χ0v) is 21.3. The van der Waals surface area contributed by atoms with E-state index in [1.807, 2.05) is 0 Å². The van der Waals surface area contributed by atoms with Gasteiger partial charge in [-0.25, -0.2) is 13.2 Å². The number of carbonyl (C=O) groups is 2. The number of anilines is 2. The molecule has 3 N–H and O–H groups in total. The molecule has 2 amide bonds. The van der Waals surface area contributed by atoms with E-state index in [4.69, 9.17) is 27.9 Å². The molecule has 7 nitrogen and oxygen atoms in total. The topological polar surface area (TPSA) is 99.1 Å². The maximum atomic E-state index is 15.0. The highest BCUT2D eigenvalue weighted by molar-refractivity contribution is 6.34. The van der Waals surface area contributed by atoms with Crippen molar-refractivity contribution < 1.29 is 37.7 Å². The summed E-state index contributed by atoms with van der Waals surface area (Å²) in [5, 5.41) is 23.1. The number of nitrogens with one attached hydrogen (secondary N) is 1. The van der Waals surface area contributed by atoms with Gasteiger partial charge in [0.15, 0.2) is 5.60 Å². The molecule has 1 heterocycles. The standard InChI is InChI=1S/C26H21Cl2F3N2O5/c1-38-22-10-14(2-6-20(22)32-23(35)17-12-16(29)4-5-19(17)28)24(36)33-9-8-26(30,31)25(37,13-34)18-11-15(27)3-7-21(18)33/h2-7,10-12,34,37H,8-9,13H2,1H3,(H,32,35)/t25-/m0/s1. The van der Waals surface area contributed by atoms with Crippen molar-refractivity contribution in [1.29, 1.82) is 0 Å². The molecule has 0 saturated heterocycles. The van der Waals surface area contributed by atoms with Crippen molar-refractivity contribution in [2.45, 2.75) is 17.9 Å². The number of halogens is 5. The van der Waals surface area contributed by atoms with E-state index < -0.39 is 54.3 Å². The first-order chi connectivity index (χ1) is 17.9. The molecule has 3 aromatic carbocycles. The van der Waals surface area contributed by atoms with Gasteiger partial charge in [0.1, 0.15) is 11.6 Å². The largest absolute Gasteiger partial charge is 0.495 e. The molecular weight excluding hydrogens is 548 g/mol. The highest BCUT2D eigenvalue weighted by atomic mass is 35.5. The van der Waals surface area contributed by atoms with Crippen LogP contribution in [0.25, 0.3) is 0 Å². The molecule has 4 rings (SSSR count). The fourth-order valence-corrected chi connectivity index (χ4v) is 4.58. The lowest BCUT2D eigenvalue weighted by atomic mass is 9.86. The number of hydrogen-bond donors (Lipinski definition) is 3. The van der Waals surface area contributed by atoms with Crippen LogP contribution in [0, 0.1) is 5.82 Å². The summed E-state index contributed by atoms with van der Waals surface area (Å²) < 4.78 is 48.8. The lowest BCUT2D eigenvalue weighted by Crippen LogP contribution is -2.48. The zero-order chi connectivity index (χ0) is 27.8. The Kier molecular flexibility index (Phi) is 7.62. The number of aliphatic hydroxyl groups excluding tert-OH is 1. The summed E-state index contributed by atoms with van der Waals surface area (Å²) >= 11 is 12.0. The molecule has 3 aromatic rings. The average Bonchev–Trinajstić information content (AvgIpc) is 2.97. The maximum Gasteiger partial charge on any atom is 0.284 e. The van der Waals surface area contributed by atoms with Gasteiger partial charge >= 0.3 is 0 Å². The number of methoxy groups -OCH3 is 1. The van der Waals surface area contributed by atoms with Gasteiger partial charge in [-0.05, 0) is 54.6 Å². The third-order valence-electron chi connectivity index (χ3n) is 6.29. The predicted molar refractivity (Wildman–Crippen MR) is 136 cm³/mol. The average molecular weight is 569 g/mol. The first-order valence-electron chi connectivity index (χ1n) is 11.2. The third-order valence-corrected chi connectivity index (χ3v) is 6.86. The van der Waals surface area contributed by atoms with E-state index in [9.17, 15) is 33.0 Å². The molecule has 12 heteroatoms. The smallest absolute Gasteiger partial charge is 0.284 e. The number of fused-ring (bicyclic) bond motifs is 1. The Morgan fingerprint density at radius 2 is 1.84 bits per heavy atom. The molecule has 1 atom stereocenters. The second-order valence-electron chi connectivity index (χ2n) is 8.58. The van der Waals surface area contributed by atoms with Gasteiger partial charge < -0.3 is 25.2 Å². The van der Waals surface area contributed by atoms with E-state index in [0.717, 1.165) is 23.1 Å². The number of alkyl halides is 2. The molecule has 0 aromatic heterocycles. The minimum Gasteiger partial charge on any atom is -0.495 e. The van der Waals surface area contributed by atoms with E-state index >= 15 is 0 Å². The van der Waals surface area contributed by atoms with E-state index in [2.05, 4.69) is 5.32 Å². The van der Waals surface area contributed by atoms with E-state index in [0.29, 0.717) is 0 Å². The van der Waals surface area contributed by atoms with Crippen molar-refractivity contribution in [3.63, 3.8) is 0 Å². The predicted octanol–water partition coefficient (Wildman–Crippen LogP) is 5.26. The van der Waals surface area contributed by atoms with Gasteiger partial charge in [0.05, 0.1) is 35.7 Å². The Bertz CT molecular complexity index is 1420. The van der Waals surface area contributed by atoms with Crippen molar-refractivity contribution in [3.05, 3.63) is 87.2 Å². The van der Waals surface area contributed by atoms with Crippen LogP contribution >= 0.6 is 23.2 Å². The van der Waals surface area contributed by atoms with E-state index in [1.165, 1.54) is 43.5 Å². The quantitative estimate of drug-likeness (QED) is 0.390. The number of carbonyl (C=O) groups excluding carboxylic acids is 2. The van der Waals surface area contributed by atoms with E-state index in [-0.39, 0.29) is 38.3 Å². The molecule has 1 aliphatic heterocycles. The summed E-state index contributed by atoms with van der Waals surface area (Å²) in [6.07, 6.45) is -0.943. The summed E-state index contributed by atoms with van der Waals surface area (Å²) in [7, 11) is 1.29. The molecule has 0 spiro atoms. The second kappa shape index (κ2) is 10.5. The van der Waals surface area contributed by atoms with Crippen molar-refractivity contribution in [1.82, 2.24) is 0 Å². The Balaban J connectivity index is 1.69. The van der Waals surface area contributed by atoms with Gasteiger partial charge in [-0.1, -0.05) is 23.2 Å². The fraction of sp³-hybridized carbons (Fsp3) is 0.231. The Labute approximate surface area is 225 Å². The number of benzene rings is 3. The van der Waals surface area contributed by atoms with Crippen molar-refractivity contribution in [3.8, 4) is 5.75 Å². The lowest BCUT2D eigenvalue weighted by molar-refractivity contribution is -0.205. The van der Waals surface area contributed by atoms with Gasteiger partial charge in [0.25, 0.3) is 17.7 Å². The highest BCUT2D eigenvalue weighted by Gasteiger charge is 2.56. The number of aliphatic hydroxyl groups is 2. The summed E-state index contributed by atoms with van der Waals surface area (Å²) in [4.78, 5) is 27.2. The fourth-order valence-electron chi connectivity index (χ4n) is 4.21. The van der Waals surface area contributed by atoms with Gasteiger partial charge in [-0.15, -0.1) is 0 Å². The Morgan fingerprint density at radius 3 is 2.53 bits per heavy atom. The van der Waals surface area contributed by atoms with Crippen LogP contribution in [0.5, 0.6) is 5.75 Å². The molecule has 0 fully saturated rings. The van der Waals surface area contributed by atoms with E-state index in [1.54, 1.807) is 0 Å². The van der Waals surface area contributed by atoms with Crippen LogP contribution in [-0.2, 0) is 5.60 Å². The molecule has 0 aliphatic carbocycles. The van der Waals surface area contributed by atoms with Crippen LogP contribution in [0.2, 0.25) is 10.0 Å². The van der Waals surface area contributed by atoms with Gasteiger partial charge in [0.2, 0.25) is 0 Å². The molecule has 0 radical (unpaired) electrons. The van der Waals surface area contributed by atoms with Gasteiger partial charge in [-0.3, -0.25) is 9.59 Å². The number of ether oxygens (including phenoxy) is 1. The Morgan fingerprint density at radius 1 is 1.11 bits per heavy atom. The van der Waals surface area contributed by atoms with Crippen LogP contribution < -0.4 is 15.0 Å². The molecular formula is C26H21Cl2F3N2O5. The molecule has 0 saturated carbocycles. The summed E-state index contributed by atoms with van der Waals surface area (Å²) in [5.41, 5.74) is -3.38. The van der Waals surface area contributed by atoms with Crippen molar-refractivity contribution in [2.75, 3.05) is 30.5 Å². The summed E-state index contributed by atoms with van der Waals surface area (Å²) in [6.45, 7) is -1.78.